The van der Waals surface area contributed by atoms with Gasteiger partial charge in [0.05, 0.1) is 0 Å². The van der Waals surface area contributed by atoms with Gasteiger partial charge >= 0.3 is 11.9 Å². The molecule has 7 nitrogen and oxygen atoms in total. The van der Waals surface area contributed by atoms with Crippen molar-refractivity contribution < 1.29 is 34.4 Å². The summed E-state index contributed by atoms with van der Waals surface area (Å²) in [6.07, 6.45) is -2.28. The topological polar surface area (TPSA) is 121 Å². The van der Waals surface area contributed by atoms with Crippen LogP contribution in [0.3, 0.4) is 0 Å². The average Bonchev–Trinajstić information content (AvgIpc) is 2.13. The molecule has 0 radical (unpaired) electrons. The summed E-state index contributed by atoms with van der Waals surface area (Å²) in [5.41, 5.74) is -2.69. The number of carboxylic acids is 2. The Bertz CT molecular complexity index is 322. The molecule has 0 bridgehead atoms. The number of Topliss-reactive ketones (excluding diaryl/α,β-unsaturated/α-hetero) is 1. The zero-order chi connectivity index (χ0) is 12.3. The average molecular weight is 232 g/mol. The summed E-state index contributed by atoms with van der Waals surface area (Å²) in [4.78, 5) is 32.9. The maximum absolute atomic E-state index is 11.3. The van der Waals surface area contributed by atoms with Crippen molar-refractivity contribution in [3.05, 3.63) is 0 Å². The minimum Gasteiger partial charge on any atom is -0.479 e. The maximum atomic E-state index is 11.3. The molecule has 1 fully saturated rings. The SMILES string of the molecule is O=C1CCCO[C@@H](C(=O)O)[C@](O)(C(=O)O)C1. The normalized spacial score (nSPS) is 31.6. The second-order valence-electron chi connectivity index (χ2n) is 3.64. The van der Waals surface area contributed by atoms with Crippen LogP contribution in [0.2, 0.25) is 0 Å². The first-order chi connectivity index (χ1) is 7.38. The Morgan fingerprint density at radius 3 is 2.50 bits per heavy atom. The van der Waals surface area contributed by atoms with E-state index in [0.29, 0.717) is 6.42 Å². The highest BCUT2D eigenvalue weighted by Crippen LogP contribution is 2.23. The zero-order valence-corrected chi connectivity index (χ0v) is 8.38. The van der Waals surface area contributed by atoms with Crippen molar-refractivity contribution in [3.63, 3.8) is 0 Å². The zero-order valence-electron chi connectivity index (χ0n) is 8.38. The lowest BCUT2D eigenvalue weighted by Crippen LogP contribution is -2.56. The number of carbonyl (C=O) groups excluding carboxylic acids is 1. The summed E-state index contributed by atoms with van der Waals surface area (Å²) in [7, 11) is 0. The Labute approximate surface area is 90.6 Å². The maximum Gasteiger partial charge on any atom is 0.339 e. The highest BCUT2D eigenvalue weighted by molar-refractivity contribution is 5.93. The van der Waals surface area contributed by atoms with Crippen LogP contribution in [-0.4, -0.2) is 51.4 Å². The lowest BCUT2D eigenvalue weighted by Gasteiger charge is -2.30. The molecule has 7 heteroatoms. The van der Waals surface area contributed by atoms with Crippen molar-refractivity contribution in [1.29, 1.82) is 0 Å². The van der Waals surface area contributed by atoms with Crippen LogP contribution in [0, 0.1) is 0 Å². The molecule has 90 valence electrons. The summed E-state index contributed by atoms with van der Waals surface area (Å²) >= 11 is 0. The van der Waals surface area contributed by atoms with Crippen molar-refractivity contribution in [3.8, 4) is 0 Å². The number of aliphatic carboxylic acids is 2. The predicted octanol–water partition coefficient (Wildman–Crippen LogP) is -0.975. The van der Waals surface area contributed by atoms with Crippen LogP contribution in [0.25, 0.3) is 0 Å². The van der Waals surface area contributed by atoms with Gasteiger partial charge in [0, 0.05) is 19.4 Å². The smallest absolute Gasteiger partial charge is 0.339 e. The molecular formula is C9H12O7. The van der Waals surface area contributed by atoms with Gasteiger partial charge in [0.1, 0.15) is 5.78 Å². The lowest BCUT2D eigenvalue weighted by atomic mass is 9.88. The number of ether oxygens (including phenoxy) is 1. The molecule has 0 unspecified atom stereocenters. The molecule has 0 aromatic rings. The molecule has 1 heterocycles. The van der Waals surface area contributed by atoms with Gasteiger partial charge in [-0.2, -0.15) is 0 Å². The lowest BCUT2D eigenvalue weighted by molar-refractivity contribution is -0.193. The van der Waals surface area contributed by atoms with E-state index in [1.54, 1.807) is 0 Å². The van der Waals surface area contributed by atoms with Gasteiger partial charge in [0.25, 0.3) is 0 Å². The molecule has 1 saturated heterocycles. The van der Waals surface area contributed by atoms with Gasteiger partial charge in [0.2, 0.25) is 5.60 Å². The van der Waals surface area contributed by atoms with Crippen molar-refractivity contribution in [2.45, 2.75) is 31.0 Å². The molecule has 0 aromatic heterocycles. The van der Waals surface area contributed by atoms with Crippen LogP contribution in [0.1, 0.15) is 19.3 Å². The van der Waals surface area contributed by atoms with Gasteiger partial charge in [-0.3, -0.25) is 4.79 Å². The first-order valence-electron chi connectivity index (χ1n) is 4.70. The van der Waals surface area contributed by atoms with Crippen LogP contribution in [0.5, 0.6) is 0 Å². The van der Waals surface area contributed by atoms with Crippen LogP contribution in [0.15, 0.2) is 0 Å². The standard InChI is InChI=1S/C9H12O7/c10-5-2-1-3-16-6(7(11)12)9(15,4-5)8(13)14/h6,15H,1-4H2,(H,11,12)(H,13,14)/t6-,9-/m0/s1. The summed E-state index contributed by atoms with van der Waals surface area (Å²) in [5.74, 6) is -3.85. The predicted molar refractivity (Wildman–Crippen MR) is 48.8 cm³/mol. The number of hydrogen-bond acceptors (Lipinski definition) is 5. The third kappa shape index (κ3) is 2.37. The van der Waals surface area contributed by atoms with E-state index >= 15 is 0 Å². The molecule has 1 rings (SSSR count). The number of ketones is 1. The number of carbonyl (C=O) groups is 3. The largest absolute Gasteiger partial charge is 0.479 e. The Hall–Kier alpha value is -1.47. The fourth-order valence-electron chi connectivity index (χ4n) is 1.55. The molecule has 0 aliphatic carbocycles. The molecule has 16 heavy (non-hydrogen) atoms. The molecule has 0 aromatic carbocycles. The number of aliphatic hydroxyl groups is 1. The first kappa shape index (κ1) is 12.6. The summed E-state index contributed by atoms with van der Waals surface area (Å²) < 4.78 is 4.79. The van der Waals surface area contributed by atoms with Gasteiger partial charge in [0.15, 0.2) is 6.10 Å². The van der Waals surface area contributed by atoms with Crippen LogP contribution < -0.4 is 0 Å². The van der Waals surface area contributed by atoms with E-state index in [0.717, 1.165) is 0 Å². The molecule has 0 spiro atoms. The molecule has 2 atom stereocenters. The van der Waals surface area contributed by atoms with E-state index in [2.05, 4.69) is 0 Å². The van der Waals surface area contributed by atoms with Crippen molar-refractivity contribution in [1.82, 2.24) is 0 Å². The van der Waals surface area contributed by atoms with Crippen LogP contribution in [0.4, 0.5) is 0 Å². The summed E-state index contributed by atoms with van der Waals surface area (Å²) in [6, 6.07) is 0. The van der Waals surface area contributed by atoms with E-state index < -0.39 is 35.8 Å². The van der Waals surface area contributed by atoms with Gasteiger partial charge in [-0.1, -0.05) is 0 Å². The minimum atomic E-state index is -2.69. The molecule has 1 aliphatic rings. The van der Waals surface area contributed by atoms with Gasteiger partial charge in [-0.05, 0) is 6.42 Å². The summed E-state index contributed by atoms with van der Waals surface area (Å²) in [6.45, 7) is -0.0711. The number of hydrogen-bond donors (Lipinski definition) is 3. The highest BCUT2D eigenvalue weighted by atomic mass is 16.5. The minimum absolute atomic E-state index is 0.0711. The van der Waals surface area contributed by atoms with E-state index in [9.17, 15) is 19.5 Å². The number of carboxylic acid groups (broad SMARTS) is 2. The molecule has 0 amide bonds. The van der Waals surface area contributed by atoms with E-state index in [-0.39, 0.29) is 13.0 Å². The Morgan fingerprint density at radius 1 is 1.38 bits per heavy atom. The van der Waals surface area contributed by atoms with Crippen LogP contribution in [-0.2, 0) is 19.1 Å². The Kier molecular flexibility index (Phi) is 3.61. The second-order valence-corrected chi connectivity index (χ2v) is 3.64. The monoisotopic (exact) mass is 232 g/mol. The second kappa shape index (κ2) is 4.58. The van der Waals surface area contributed by atoms with Gasteiger partial charge in [-0.25, -0.2) is 9.59 Å². The fraction of sp³-hybridized carbons (Fsp3) is 0.667. The molecule has 1 aliphatic heterocycles. The third-order valence-electron chi connectivity index (χ3n) is 2.38. The Morgan fingerprint density at radius 2 is 2.00 bits per heavy atom. The number of rotatable bonds is 2. The molecule has 0 saturated carbocycles. The van der Waals surface area contributed by atoms with Crippen molar-refractivity contribution in [2.24, 2.45) is 0 Å². The Balaban J connectivity index is 3.04. The van der Waals surface area contributed by atoms with Gasteiger partial charge in [-0.15, -0.1) is 0 Å². The van der Waals surface area contributed by atoms with Crippen molar-refractivity contribution >= 4 is 17.7 Å². The fourth-order valence-corrected chi connectivity index (χ4v) is 1.55. The molecule has 3 N–H and O–H groups in total. The van der Waals surface area contributed by atoms with Crippen molar-refractivity contribution in [2.75, 3.05) is 6.61 Å². The van der Waals surface area contributed by atoms with Gasteiger partial charge < -0.3 is 20.1 Å². The summed E-state index contributed by atoms with van der Waals surface area (Å²) in [5, 5.41) is 27.3. The first-order valence-corrected chi connectivity index (χ1v) is 4.70. The van der Waals surface area contributed by atoms with Crippen LogP contribution >= 0.6 is 0 Å². The molecular weight excluding hydrogens is 220 g/mol. The van der Waals surface area contributed by atoms with E-state index in [1.165, 1.54) is 0 Å². The van der Waals surface area contributed by atoms with E-state index in [1.807, 2.05) is 0 Å². The van der Waals surface area contributed by atoms with E-state index in [4.69, 9.17) is 14.9 Å². The third-order valence-corrected chi connectivity index (χ3v) is 2.38. The highest BCUT2D eigenvalue weighted by Gasteiger charge is 2.51. The quantitative estimate of drug-likeness (QED) is 0.559.